The van der Waals surface area contributed by atoms with Crippen LogP contribution < -0.4 is 15.5 Å². The average Bonchev–Trinajstić information content (AvgIpc) is 3.51. The molecule has 3 aromatic rings. The van der Waals surface area contributed by atoms with Crippen molar-refractivity contribution in [3.05, 3.63) is 30.5 Å². The monoisotopic (exact) mass is 519 g/mol. The Morgan fingerprint density at radius 2 is 1.79 bits per heavy atom. The van der Waals surface area contributed by atoms with Crippen molar-refractivity contribution in [3.63, 3.8) is 0 Å². The third-order valence-corrected chi connectivity index (χ3v) is 7.83. The van der Waals surface area contributed by atoms with E-state index in [-0.39, 0.29) is 18.2 Å². The number of fused-ring (bicyclic) bond motifs is 3. The molecule has 2 N–H and O–H groups in total. The lowest BCUT2D eigenvalue weighted by atomic mass is 10.2. The summed E-state index contributed by atoms with van der Waals surface area (Å²) in [5.41, 5.74) is 2.47. The van der Waals surface area contributed by atoms with Crippen molar-refractivity contribution in [1.29, 1.82) is 0 Å². The Labute approximate surface area is 223 Å². The number of hydrogen-bond acceptors (Lipinski definition) is 8. The van der Waals surface area contributed by atoms with E-state index in [0.29, 0.717) is 12.4 Å². The molecule has 3 aliphatic rings. The van der Waals surface area contributed by atoms with Gasteiger partial charge in [-0.05, 0) is 51.1 Å². The number of anilines is 2. The van der Waals surface area contributed by atoms with Gasteiger partial charge in [-0.25, -0.2) is 19.4 Å². The van der Waals surface area contributed by atoms with Gasteiger partial charge in [0.1, 0.15) is 5.82 Å². The van der Waals surface area contributed by atoms with Crippen molar-refractivity contribution >= 4 is 28.6 Å². The van der Waals surface area contributed by atoms with Crippen molar-refractivity contribution in [2.45, 2.75) is 38.5 Å². The molecule has 0 aliphatic carbocycles. The molecule has 0 spiro atoms. The normalized spacial score (nSPS) is 22.2. The van der Waals surface area contributed by atoms with Crippen LogP contribution in [0.5, 0.6) is 0 Å². The molecule has 1 aromatic carbocycles. The van der Waals surface area contributed by atoms with Crippen LogP contribution in [0, 0.1) is 0 Å². The van der Waals surface area contributed by atoms with E-state index < -0.39 is 0 Å². The summed E-state index contributed by atoms with van der Waals surface area (Å²) in [4.78, 5) is 29.4. The van der Waals surface area contributed by atoms with Crippen molar-refractivity contribution < 1.29 is 9.53 Å². The summed E-state index contributed by atoms with van der Waals surface area (Å²) >= 11 is 0. The number of nitrogens with one attached hydrogen (secondary N) is 2. The lowest BCUT2D eigenvalue weighted by Gasteiger charge is -2.33. The molecule has 2 aromatic heterocycles. The van der Waals surface area contributed by atoms with E-state index in [9.17, 15) is 4.79 Å². The van der Waals surface area contributed by atoms with Gasteiger partial charge < -0.3 is 25.2 Å². The van der Waals surface area contributed by atoms with Crippen molar-refractivity contribution in [2.75, 3.05) is 69.6 Å². The minimum Gasteiger partial charge on any atom is -0.371 e. The van der Waals surface area contributed by atoms with Gasteiger partial charge in [0.15, 0.2) is 11.5 Å². The molecule has 3 fully saturated rings. The van der Waals surface area contributed by atoms with Gasteiger partial charge in [-0.2, -0.15) is 5.10 Å². The Hall–Kier alpha value is -3.28. The molecule has 11 heteroatoms. The number of aryl methyl sites for hydroxylation is 1. The summed E-state index contributed by atoms with van der Waals surface area (Å²) in [5, 5.41) is 11.4. The zero-order chi connectivity index (χ0) is 26.1. The maximum atomic E-state index is 12.4. The second-order valence-corrected chi connectivity index (χ2v) is 10.5. The zero-order valence-corrected chi connectivity index (χ0v) is 22.3. The van der Waals surface area contributed by atoms with Crippen LogP contribution in [0.3, 0.4) is 0 Å². The molecular weight excluding hydrogens is 482 g/mol. The molecule has 2 atom stereocenters. The van der Waals surface area contributed by atoms with Gasteiger partial charge in [0.05, 0.1) is 23.8 Å². The van der Waals surface area contributed by atoms with Crippen molar-refractivity contribution in [3.8, 4) is 11.4 Å². The third-order valence-electron chi connectivity index (χ3n) is 7.83. The highest BCUT2D eigenvalue weighted by Gasteiger charge is 2.35. The number of hydrogen-bond donors (Lipinski definition) is 2. The highest BCUT2D eigenvalue weighted by molar-refractivity contribution is 5.90. The Balaban J connectivity index is 1.14. The van der Waals surface area contributed by atoms with Gasteiger partial charge >= 0.3 is 6.03 Å². The van der Waals surface area contributed by atoms with E-state index in [2.05, 4.69) is 44.4 Å². The number of likely N-dealkylation sites (N-methyl/N-ethyl adjacent to an activating group) is 1. The van der Waals surface area contributed by atoms with E-state index in [1.807, 2.05) is 35.1 Å². The summed E-state index contributed by atoms with van der Waals surface area (Å²) in [7, 11) is 2.14. The number of ether oxygens (including phenoxy) is 1. The van der Waals surface area contributed by atoms with E-state index >= 15 is 0 Å². The van der Waals surface area contributed by atoms with Crippen LogP contribution in [-0.4, -0.2) is 107 Å². The molecule has 202 valence electrons. The van der Waals surface area contributed by atoms with Crippen LogP contribution in [0.4, 0.5) is 16.3 Å². The topological polar surface area (TPSA) is 104 Å². The van der Waals surface area contributed by atoms with Gasteiger partial charge in [0.25, 0.3) is 0 Å². The van der Waals surface area contributed by atoms with Gasteiger partial charge in [-0.15, -0.1) is 0 Å². The standard InChI is InChI=1S/C27H37N9O2/c1-3-36-26-23(16-29-36)25(35-17-21-8-9-22(18-35)38-21)31-24(32-26)19-4-6-20(7-5-19)30-27(37)28-10-11-34-14-12-33(2)13-15-34/h4-7,16,21-22H,3,8-15,17-18H2,1-2H3,(H2,28,30,37). The largest absolute Gasteiger partial charge is 0.371 e. The highest BCUT2D eigenvalue weighted by atomic mass is 16.5. The zero-order valence-electron chi connectivity index (χ0n) is 22.3. The number of aromatic nitrogens is 4. The quantitative estimate of drug-likeness (QED) is 0.490. The van der Waals surface area contributed by atoms with Crippen molar-refractivity contribution in [2.24, 2.45) is 0 Å². The summed E-state index contributed by atoms with van der Waals surface area (Å²) in [6.45, 7) is 10.2. The lowest BCUT2D eigenvalue weighted by molar-refractivity contribution is 0.0303. The highest BCUT2D eigenvalue weighted by Crippen LogP contribution is 2.33. The molecule has 2 amide bonds. The van der Waals surface area contributed by atoms with Crippen LogP contribution in [0.2, 0.25) is 0 Å². The Morgan fingerprint density at radius 1 is 1.05 bits per heavy atom. The first-order chi connectivity index (χ1) is 18.6. The fourth-order valence-electron chi connectivity index (χ4n) is 5.61. The predicted molar refractivity (Wildman–Crippen MR) is 147 cm³/mol. The Morgan fingerprint density at radius 3 is 2.50 bits per heavy atom. The fourth-order valence-corrected chi connectivity index (χ4v) is 5.61. The number of benzene rings is 1. The smallest absolute Gasteiger partial charge is 0.319 e. The van der Waals surface area contributed by atoms with Crippen LogP contribution in [0.25, 0.3) is 22.4 Å². The van der Waals surface area contributed by atoms with Gasteiger partial charge in [-0.1, -0.05) is 0 Å². The average molecular weight is 520 g/mol. The number of rotatable bonds is 7. The molecule has 2 bridgehead atoms. The molecule has 6 rings (SSSR count). The second kappa shape index (κ2) is 10.8. The molecule has 0 radical (unpaired) electrons. The number of amides is 2. The lowest BCUT2D eigenvalue weighted by Crippen LogP contribution is -2.47. The molecular formula is C27H37N9O2. The van der Waals surface area contributed by atoms with E-state index in [1.54, 1.807) is 0 Å². The summed E-state index contributed by atoms with van der Waals surface area (Å²) in [6, 6.07) is 7.52. The minimum atomic E-state index is -0.194. The van der Waals surface area contributed by atoms with E-state index in [0.717, 1.165) is 93.3 Å². The van der Waals surface area contributed by atoms with Gasteiger partial charge in [0, 0.05) is 70.2 Å². The van der Waals surface area contributed by atoms with Gasteiger partial charge in [-0.3, -0.25) is 4.90 Å². The first kappa shape index (κ1) is 25.0. The number of carbonyl (C=O) groups is 1. The van der Waals surface area contributed by atoms with Crippen molar-refractivity contribution in [1.82, 2.24) is 34.9 Å². The Bertz CT molecular complexity index is 1260. The number of piperazine rings is 1. The first-order valence-electron chi connectivity index (χ1n) is 13.8. The summed E-state index contributed by atoms with van der Waals surface area (Å²) in [5.74, 6) is 1.58. The summed E-state index contributed by atoms with van der Waals surface area (Å²) in [6.07, 6.45) is 4.62. The minimum absolute atomic E-state index is 0.194. The molecule has 3 aliphatic heterocycles. The summed E-state index contributed by atoms with van der Waals surface area (Å²) < 4.78 is 7.97. The molecule has 2 unspecified atom stereocenters. The number of nitrogens with zero attached hydrogens (tertiary/aromatic N) is 7. The first-order valence-corrected chi connectivity index (χ1v) is 13.8. The van der Waals surface area contributed by atoms with Crippen LogP contribution >= 0.6 is 0 Å². The van der Waals surface area contributed by atoms with Crippen LogP contribution in [0.1, 0.15) is 19.8 Å². The Kier molecular flexibility index (Phi) is 7.14. The number of urea groups is 1. The molecule has 38 heavy (non-hydrogen) atoms. The number of carbonyl (C=O) groups excluding carboxylic acids is 1. The predicted octanol–water partition coefficient (Wildman–Crippen LogP) is 2.25. The number of morpholine rings is 1. The maximum Gasteiger partial charge on any atom is 0.319 e. The molecule has 5 heterocycles. The van der Waals surface area contributed by atoms with Crippen LogP contribution in [0.15, 0.2) is 30.5 Å². The maximum absolute atomic E-state index is 12.4. The molecule has 3 saturated heterocycles. The molecule has 0 saturated carbocycles. The molecule has 11 nitrogen and oxygen atoms in total. The van der Waals surface area contributed by atoms with E-state index in [1.165, 1.54) is 0 Å². The SMILES string of the molecule is CCn1ncc2c(N3CC4CCC(C3)O4)nc(-c3ccc(NC(=O)NCCN4CCN(C)CC4)cc3)nc21. The fraction of sp³-hybridized carbons (Fsp3) is 0.556. The van der Waals surface area contributed by atoms with Gasteiger partial charge in [0.2, 0.25) is 0 Å². The van der Waals surface area contributed by atoms with E-state index in [4.69, 9.17) is 14.7 Å². The van der Waals surface area contributed by atoms with Crippen LogP contribution in [-0.2, 0) is 11.3 Å². The third kappa shape index (κ3) is 5.31. The second-order valence-electron chi connectivity index (χ2n) is 10.5.